The molecule has 0 aromatic heterocycles. The zero-order valence-electron chi connectivity index (χ0n) is 12.5. The summed E-state index contributed by atoms with van der Waals surface area (Å²) in [7, 11) is 3.97. The molecular formula is C14H28N2O2. The Morgan fingerprint density at radius 2 is 2.17 bits per heavy atom. The van der Waals surface area contributed by atoms with Gasteiger partial charge < -0.3 is 15.0 Å². The van der Waals surface area contributed by atoms with E-state index in [1.54, 1.807) is 0 Å². The van der Waals surface area contributed by atoms with Crippen molar-refractivity contribution in [2.75, 3.05) is 33.7 Å². The summed E-state index contributed by atoms with van der Waals surface area (Å²) in [6.07, 6.45) is 2.20. The number of piperidine rings is 1. The maximum Gasteiger partial charge on any atom is 0.312 e. The average molecular weight is 256 g/mol. The van der Waals surface area contributed by atoms with Gasteiger partial charge in [0.2, 0.25) is 0 Å². The van der Waals surface area contributed by atoms with Crippen LogP contribution in [0, 0.1) is 11.3 Å². The molecule has 0 spiro atoms. The number of hydrogen-bond donors (Lipinski definition) is 1. The molecule has 0 aromatic rings. The summed E-state index contributed by atoms with van der Waals surface area (Å²) in [5, 5.41) is 3.37. The van der Waals surface area contributed by atoms with Crippen LogP contribution in [0.15, 0.2) is 0 Å². The van der Waals surface area contributed by atoms with Gasteiger partial charge in [0.05, 0.1) is 5.41 Å². The Bertz CT molecular complexity index is 271. The second-order valence-electron chi connectivity index (χ2n) is 6.24. The van der Waals surface area contributed by atoms with Crippen LogP contribution in [0.2, 0.25) is 0 Å². The fourth-order valence-corrected chi connectivity index (χ4v) is 2.52. The number of likely N-dealkylation sites (N-methyl/N-ethyl adjacent to an activating group) is 1. The molecule has 1 heterocycles. The SMILES string of the molecule is CC(CN(C)C)OC(=O)C(C)(C)C1CCCNC1. The van der Waals surface area contributed by atoms with E-state index >= 15 is 0 Å². The molecule has 4 nitrogen and oxygen atoms in total. The Kier molecular flexibility index (Phi) is 5.60. The Labute approximate surface area is 111 Å². The molecule has 1 aliphatic heterocycles. The van der Waals surface area contributed by atoms with Crippen LogP contribution in [0.25, 0.3) is 0 Å². The van der Waals surface area contributed by atoms with Crippen LogP contribution in [0.5, 0.6) is 0 Å². The van der Waals surface area contributed by atoms with Crippen molar-refractivity contribution in [3.05, 3.63) is 0 Å². The third-order valence-electron chi connectivity index (χ3n) is 3.77. The lowest BCUT2D eigenvalue weighted by atomic mass is 9.75. The van der Waals surface area contributed by atoms with Crippen molar-refractivity contribution in [1.29, 1.82) is 0 Å². The molecule has 2 atom stereocenters. The van der Waals surface area contributed by atoms with Crippen molar-refractivity contribution >= 4 is 5.97 Å². The summed E-state index contributed by atoms with van der Waals surface area (Å²) in [6, 6.07) is 0. The molecule has 0 aromatic carbocycles. The average Bonchev–Trinajstić information content (AvgIpc) is 2.28. The number of carbonyl (C=O) groups is 1. The van der Waals surface area contributed by atoms with Gasteiger partial charge in [-0.05, 0) is 66.7 Å². The summed E-state index contributed by atoms with van der Waals surface area (Å²) in [4.78, 5) is 14.3. The number of ether oxygens (including phenoxy) is 1. The zero-order valence-corrected chi connectivity index (χ0v) is 12.5. The standard InChI is InChI=1S/C14H28N2O2/c1-11(10-16(4)5)18-13(17)14(2,3)12-7-6-8-15-9-12/h11-12,15H,6-10H2,1-5H3. The van der Waals surface area contributed by atoms with E-state index in [-0.39, 0.29) is 12.1 Å². The molecule has 106 valence electrons. The second kappa shape index (κ2) is 6.53. The Morgan fingerprint density at radius 1 is 1.50 bits per heavy atom. The molecule has 18 heavy (non-hydrogen) atoms. The van der Waals surface area contributed by atoms with E-state index in [4.69, 9.17) is 4.74 Å². The Balaban J connectivity index is 2.52. The molecular weight excluding hydrogens is 228 g/mol. The Hall–Kier alpha value is -0.610. The van der Waals surface area contributed by atoms with E-state index in [9.17, 15) is 4.79 Å². The minimum atomic E-state index is -0.395. The van der Waals surface area contributed by atoms with Crippen LogP contribution in [0.3, 0.4) is 0 Å². The smallest absolute Gasteiger partial charge is 0.312 e. The maximum absolute atomic E-state index is 12.3. The van der Waals surface area contributed by atoms with Crippen LogP contribution in [-0.2, 0) is 9.53 Å². The summed E-state index contributed by atoms with van der Waals surface area (Å²) < 4.78 is 5.57. The summed E-state index contributed by atoms with van der Waals surface area (Å²) in [5.41, 5.74) is -0.395. The molecule has 1 saturated heterocycles. The highest BCUT2D eigenvalue weighted by Gasteiger charge is 2.39. The number of hydrogen-bond acceptors (Lipinski definition) is 4. The van der Waals surface area contributed by atoms with Crippen LogP contribution in [-0.4, -0.2) is 50.7 Å². The number of esters is 1. The highest BCUT2D eigenvalue weighted by molar-refractivity contribution is 5.76. The van der Waals surface area contributed by atoms with Gasteiger partial charge >= 0.3 is 5.97 Å². The molecule has 0 radical (unpaired) electrons. The molecule has 4 heteroatoms. The third-order valence-corrected chi connectivity index (χ3v) is 3.77. The normalized spacial score (nSPS) is 22.9. The van der Waals surface area contributed by atoms with Gasteiger partial charge in [-0.25, -0.2) is 0 Å². The fraction of sp³-hybridized carbons (Fsp3) is 0.929. The molecule has 0 saturated carbocycles. The molecule has 1 fully saturated rings. The van der Waals surface area contributed by atoms with Crippen molar-refractivity contribution in [3.8, 4) is 0 Å². The maximum atomic E-state index is 12.3. The van der Waals surface area contributed by atoms with E-state index < -0.39 is 5.41 Å². The van der Waals surface area contributed by atoms with Crippen molar-refractivity contribution < 1.29 is 9.53 Å². The topological polar surface area (TPSA) is 41.6 Å². The lowest BCUT2D eigenvalue weighted by Gasteiger charge is -2.36. The first kappa shape index (κ1) is 15.4. The summed E-state index contributed by atoms with van der Waals surface area (Å²) in [5.74, 6) is 0.316. The van der Waals surface area contributed by atoms with Crippen LogP contribution < -0.4 is 5.32 Å². The first-order valence-electron chi connectivity index (χ1n) is 6.90. The van der Waals surface area contributed by atoms with E-state index in [1.165, 1.54) is 0 Å². The number of nitrogens with one attached hydrogen (secondary N) is 1. The molecule has 1 N–H and O–H groups in total. The lowest BCUT2D eigenvalue weighted by Crippen LogP contribution is -2.44. The lowest BCUT2D eigenvalue weighted by molar-refractivity contribution is -0.163. The first-order valence-corrected chi connectivity index (χ1v) is 6.90. The Morgan fingerprint density at radius 3 is 2.67 bits per heavy atom. The summed E-state index contributed by atoms with van der Waals surface area (Å²) >= 11 is 0. The predicted molar refractivity (Wildman–Crippen MR) is 73.5 cm³/mol. The molecule has 2 unspecified atom stereocenters. The van der Waals surface area contributed by atoms with Crippen molar-refractivity contribution in [2.45, 2.75) is 39.7 Å². The highest BCUT2D eigenvalue weighted by Crippen LogP contribution is 2.33. The van der Waals surface area contributed by atoms with Crippen molar-refractivity contribution in [2.24, 2.45) is 11.3 Å². The van der Waals surface area contributed by atoms with Gasteiger partial charge in [0.25, 0.3) is 0 Å². The van der Waals surface area contributed by atoms with Crippen LogP contribution in [0.4, 0.5) is 0 Å². The molecule has 1 rings (SSSR count). The number of carbonyl (C=O) groups excluding carboxylic acids is 1. The molecule has 0 amide bonds. The van der Waals surface area contributed by atoms with Gasteiger partial charge in [0, 0.05) is 6.54 Å². The number of nitrogens with zero attached hydrogens (tertiary/aromatic N) is 1. The minimum Gasteiger partial charge on any atom is -0.461 e. The van der Waals surface area contributed by atoms with E-state index in [2.05, 4.69) is 5.32 Å². The quantitative estimate of drug-likeness (QED) is 0.757. The molecule has 0 bridgehead atoms. The van der Waals surface area contributed by atoms with Gasteiger partial charge in [-0.2, -0.15) is 0 Å². The first-order chi connectivity index (χ1) is 8.34. The van der Waals surface area contributed by atoms with Gasteiger partial charge in [-0.3, -0.25) is 4.79 Å². The largest absolute Gasteiger partial charge is 0.461 e. The van der Waals surface area contributed by atoms with E-state index in [1.807, 2.05) is 39.8 Å². The van der Waals surface area contributed by atoms with Gasteiger partial charge in [-0.15, -0.1) is 0 Å². The second-order valence-corrected chi connectivity index (χ2v) is 6.24. The monoisotopic (exact) mass is 256 g/mol. The number of rotatable bonds is 5. The molecule has 0 aliphatic carbocycles. The minimum absolute atomic E-state index is 0.0525. The zero-order chi connectivity index (χ0) is 13.8. The van der Waals surface area contributed by atoms with Crippen LogP contribution in [0.1, 0.15) is 33.6 Å². The third kappa shape index (κ3) is 4.25. The van der Waals surface area contributed by atoms with Crippen molar-refractivity contribution in [3.63, 3.8) is 0 Å². The fourth-order valence-electron chi connectivity index (χ4n) is 2.52. The summed E-state index contributed by atoms with van der Waals surface area (Å²) in [6.45, 7) is 8.73. The van der Waals surface area contributed by atoms with E-state index in [0.29, 0.717) is 5.92 Å². The molecule has 1 aliphatic rings. The van der Waals surface area contributed by atoms with E-state index in [0.717, 1.165) is 32.5 Å². The highest BCUT2D eigenvalue weighted by atomic mass is 16.5. The van der Waals surface area contributed by atoms with Gasteiger partial charge in [-0.1, -0.05) is 0 Å². The van der Waals surface area contributed by atoms with Gasteiger partial charge in [0.15, 0.2) is 0 Å². The predicted octanol–water partition coefficient (Wildman–Crippen LogP) is 1.51. The van der Waals surface area contributed by atoms with Crippen molar-refractivity contribution in [1.82, 2.24) is 10.2 Å². The van der Waals surface area contributed by atoms with Gasteiger partial charge in [0.1, 0.15) is 6.10 Å². The van der Waals surface area contributed by atoms with Crippen LogP contribution >= 0.6 is 0 Å².